The number of unbranched alkanes of at least 4 members (excludes halogenated alkanes) is 2. The third-order valence-electron chi connectivity index (χ3n) is 2.89. The highest BCUT2D eigenvalue weighted by Gasteiger charge is 2.03. The second-order valence-electron chi connectivity index (χ2n) is 4.20. The first-order chi connectivity index (χ1) is 7.29. The summed E-state index contributed by atoms with van der Waals surface area (Å²) in [6.45, 7) is 4.44. The van der Waals surface area contributed by atoms with E-state index in [1.807, 2.05) is 0 Å². The Hall–Kier alpha value is -0.980. The maximum Gasteiger partial charge on any atom is 0.0379 e. The Bertz CT molecular complexity index is 265. The van der Waals surface area contributed by atoms with Gasteiger partial charge in [-0.15, -0.1) is 0 Å². The van der Waals surface area contributed by atoms with Gasteiger partial charge in [0.2, 0.25) is 0 Å². The first-order valence-corrected chi connectivity index (χ1v) is 6.15. The summed E-state index contributed by atoms with van der Waals surface area (Å²) < 4.78 is 0. The molecule has 0 spiro atoms. The summed E-state index contributed by atoms with van der Waals surface area (Å²) in [7, 11) is 0. The molecule has 2 N–H and O–H groups in total. The molecule has 0 atom stereocenters. The number of hydrogen-bond donors (Lipinski definition) is 1. The lowest BCUT2D eigenvalue weighted by Crippen LogP contribution is -2.00. The maximum atomic E-state index is 6.16. The van der Waals surface area contributed by atoms with E-state index in [9.17, 15) is 0 Å². The van der Waals surface area contributed by atoms with Gasteiger partial charge in [-0.05, 0) is 36.8 Å². The minimum Gasteiger partial charge on any atom is -0.398 e. The number of nitrogen functional groups attached to an aromatic ring is 1. The first-order valence-electron chi connectivity index (χ1n) is 6.15. The van der Waals surface area contributed by atoms with Crippen LogP contribution in [0.25, 0.3) is 0 Å². The van der Waals surface area contributed by atoms with Crippen LogP contribution < -0.4 is 5.73 Å². The Kier molecular flexibility index (Phi) is 5.23. The third kappa shape index (κ3) is 3.58. The van der Waals surface area contributed by atoms with Crippen molar-refractivity contribution in [3.8, 4) is 0 Å². The molecule has 0 saturated heterocycles. The van der Waals surface area contributed by atoms with Crippen molar-refractivity contribution in [3.63, 3.8) is 0 Å². The first kappa shape index (κ1) is 12.1. The quantitative estimate of drug-likeness (QED) is 0.699. The largest absolute Gasteiger partial charge is 0.398 e. The Morgan fingerprint density at radius 3 is 1.80 bits per heavy atom. The smallest absolute Gasteiger partial charge is 0.0379 e. The minimum absolute atomic E-state index is 1.04. The fourth-order valence-electron chi connectivity index (χ4n) is 1.84. The Balaban J connectivity index is 2.71. The Labute approximate surface area is 93.7 Å². The average Bonchev–Trinajstić information content (AvgIpc) is 2.26. The van der Waals surface area contributed by atoms with E-state index < -0.39 is 0 Å². The molecule has 84 valence electrons. The van der Waals surface area contributed by atoms with E-state index in [-0.39, 0.29) is 0 Å². The molecule has 0 saturated carbocycles. The Morgan fingerprint density at radius 1 is 0.933 bits per heavy atom. The van der Waals surface area contributed by atoms with Crippen molar-refractivity contribution in [2.24, 2.45) is 0 Å². The van der Waals surface area contributed by atoms with Gasteiger partial charge in [0.05, 0.1) is 0 Å². The molecule has 1 aromatic rings. The van der Waals surface area contributed by atoms with Crippen LogP contribution in [0.15, 0.2) is 18.2 Å². The van der Waals surface area contributed by atoms with Crippen LogP contribution in [-0.4, -0.2) is 0 Å². The highest BCUT2D eigenvalue weighted by molar-refractivity contribution is 5.53. The molecule has 0 aliphatic carbocycles. The molecule has 0 bridgehead atoms. The van der Waals surface area contributed by atoms with Crippen LogP contribution in [0.2, 0.25) is 0 Å². The van der Waals surface area contributed by atoms with Crippen molar-refractivity contribution in [2.75, 3.05) is 5.73 Å². The monoisotopic (exact) mass is 205 g/mol. The van der Waals surface area contributed by atoms with Crippen LogP contribution in [0.1, 0.15) is 50.7 Å². The zero-order valence-corrected chi connectivity index (χ0v) is 10.1. The van der Waals surface area contributed by atoms with Crippen LogP contribution in [0.5, 0.6) is 0 Å². The van der Waals surface area contributed by atoms with E-state index in [1.165, 1.54) is 36.8 Å². The van der Waals surface area contributed by atoms with Gasteiger partial charge in [0.25, 0.3) is 0 Å². The van der Waals surface area contributed by atoms with Gasteiger partial charge in [0, 0.05) is 5.69 Å². The number of nitrogens with two attached hydrogens (primary N) is 1. The molecule has 1 heteroatoms. The average molecular weight is 205 g/mol. The number of para-hydroxylation sites is 1. The topological polar surface area (TPSA) is 26.0 Å². The summed E-state index contributed by atoms with van der Waals surface area (Å²) in [5.41, 5.74) is 9.88. The lowest BCUT2D eigenvalue weighted by molar-refractivity contribution is 0.783. The maximum absolute atomic E-state index is 6.16. The van der Waals surface area contributed by atoms with Crippen molar-refractivity contribution >= 4 is 5.69 Å². The molecule has 0 heterocycles. The van der Waals surface area contributed by atoms with Crippen molar-refractivity contribution in [2.45, 2.75) is 52.4 Å². The van der Waals surface area contributed by atoms with Gasteiger partial charge >= 0.3 is 0 Å². The zero-order chi connectivity index (χ0) is 11.1. The van der Waals surface area contributed by atoms with Crippen LogP contribution in [0, 0.1) is 0 Å². The van der Waals surface area contributed by atoms with Crippen molar-refractivity contribution in [3.05, 3.63) is 29.3 Å². The zero-order valence-electron chi connectivity index (χ0n) is 10.1. The molecule has 0 fully saturated rings. The molecule has 1 nitrogen and oxygen atoms in total. The van der Waals surface area contributed by atoms with Gasteiger partial charge in [0.15, 0.2) is 0 Å². The number of hydrogen-bond acceptors (Lipinski definition) is 1. The molecule has 0 radical (unpaired) electrons. The molecule has 0 aliphatic heterocycles. The van der Waals surface area contributed by atoms with Crippen molar-refractivity contribution < 1.29 is 0 Å². The summed E-state index contributed by atoms with van der Waals surface area (Å²) >= 11 is 0. The van der Waals surface area contributed by atoms with Gasteiger partial charge in [-0.25, -0.2) is 0 Å². The molecule has 0 amide bonds. The number of benzene rings is 1. The molecular formula is C14H23N. The van der Waals surface area contributed by atoms with E-state index in [0.29, 0.717) is 0 Å². The summed E-state index contributed by atoms with van der Waals surface area (Å²) in [6.07, 6.45) is 7.20. The Morgan fingerprint density at radius 2 is 1.40 bits per heavy atom. The van der Waals surface area contributed by atoms with E-state index in [0.717, 1.165) is 18.5 Å². The summed E-state index contributed by atoms with van der Waals surface area (Å²) in [4.78, 5) is 0. The van der Waals surface area contributed by atoms with E-state index in [2.05, 4.69) is 32.0 Å². The standard InChI is InChI=1S/C14H23N/c1-3-5-8-12-10-7-11-13(14(12)15)9-6-4-2/h7,10-11H,3-6,8-9,15H2,1-2H3. The van der Waals surface area contributed by atoms with E-state index in [1.54, 1.807) is 0 Å². The van der Waals surface area contributed by atoms with Gasteiger partial charge in [-0.3, -0.25) is 0 Å². The van der Waals surface area contributed by atoms with Crippen molar-refractivity contribution in [1.82, 2.24) is 0 Å². The number of anilines is 1. The van der Waals surface area contributed by atoms with E-state index in [4.69, 9.17) is 5.73 Å². The molecule has 15 heavy (non-hydrogen) atoms. The summed E-state index contributed by atoms with van der Waals surface area (Å²) in [6, 6.07) is 6.48. The minimum atomic E-state index is 1.04. The predicted octanol–water partition coefficient (Wildman–Crippen LogP) is 3.95. The van der Waals surface area contributed by atoms with Crippen LogP contribution in [0.4, 0.5) is 5.69 Å². The second-order valence-corrected chi connectivity index (χ2v) is 4.20. The number of aryl methyl sites for hydroxylation is 2. The molecule has 1 rings (SSSR count). The van der Waals surface area contributed by atoms with Crippen molar-refractivity contribution in [1.29, 1.82) is 0 Å². The highest BCUT2D eigenvalue weighted by atomic mass is 14.6. The second kappa shape index (κ2) is 6.49. The van der Waals surface area contributed by atoms with Gasteiger partial charge in [0.1, 0.15) is 0 Å². The van der Waals surface area contributed by atoms with Crippen LogP contribution in [-0.2, 0) is 12.8 Å². The molecule has 1 aromatic carbocycles. The molecule has 0 aliphatic rings. The summed E-state index contributed by atoms with van der Waals surface area (Å²) in [5, 5.41) is 0. The highest BCUT2D eigenvalue weighted by Crippen LogP contribution is 2.21. The molecule has 0 unspecified atom stereocenters. The fraction of sp³-hybridized carbons (Fsp3) is 0.571. The van der Waals surface area contributed by atoms with Crippen LogP contribution in [0.3, 0.4) is 0 Å². The predicted molar refractivity (Wildman–Crippen MR) is 68.1 cm³/mol. The molecule has 0 aromatic heterocycles. The normalized spacial score (nSPS) is 10.5. The third-order valence-corrected chi connectivity index (χ3v) is 2.89. The van der Waals surface area contributed by atoms with Gasteiger partial charge in [-0.1, -0.05) is 44.9 Å². The fourth-order valence-corrected chi connectivity index (χ4v) is 1.84. The van der Waals surface area contributed by atoms with Crippen LogP contribution >= 0.6 is 0 Å². The lowest BCUT2D eigenvalue weighted by atomic mass is 9.99. The summed E-state index contributed by atoms with van der Waals surface area (Å²) in [5.74, 6) is 0. The van der Waals surface area contributed by atoms with E-state index >= 15 is 0 Å². The van der Waals surface area contributed by atoms with Gasteiger partial charge in [-0.2, -0.15) is 0 Å². The van der Waals surface area contributed by atoms with Gasteiger partial charge < -0.3 is 5.73 Å². The SMILES string of the molecule is CCCCc1cccc(CCCC)c1N. The lowest BCUT2D eigenvalue weighted by Gasteiger charge is -2.10. The number of rotatable bonds is 6. The molecular weight excluding hydrogens is 182 g/mol.